The summed E-state index contributed by atoms with van der Waals surface area (Å²) in [6, 6.07) is 58.1. The Morgan fingerprint density at radius 2 is 0.830 bits per heavy atom. The van der Waals surface area contributed by atoms with E-state index in [-0.39, 0.29) is 11.5 Å². The van der Waals surface area contributed by atoms with E-state index in [1.165, 1.54) is 0 Å². The van der Waals surface area contributed by atoms with E-state index in [0.717, 1.165) is 77.2 Å². The van der Waals surface area contributed by atoms with Crippen LogP contribution in [0.2, 0.25) is 0 Å². The van der Waals surface area contributed by atoms with Crippen LogP contribution in [0.15, 0.2) is 170 Å². The number of fused-ring (bicyclic) bond motifs is 5. The number of aromatic hydroxyl groups is 2. The maximum atomic E-state index is 12.3. The molecule has 0 amide bonds. The van der Waals surface area contributed by atoms with E-state index >= 15 is 0 Å². The molecule has 0 fully saturated rings. The molecule has 8 aromatic rings. The molecule has 1 aliphatic carbocycles. The topological polar surface area (TPSA) is 40.5 Å². The van der Waals surface area contributed by atoms with Gasteiger partial charge in [0.25, 0.3) is 0 Å². The first kappa shape index (κ1) is 27.2. The van der Waals surface area contributed by atoms with Crippen molar-refractivity contribution in [2.24, 2.45) is 0 Å². The second-order valence-corrected chi connectivity index (χ2v) is 12.3. The quantitative estimate of drug-likeness (QED) is 0.210. The van der Waals surface area contributed by atoms with Gasteiger partial charge in [0.1, 0.15) is 11.5 Å². The highest BCUT2D eigenvalue weighted by Gasteiger charge is 2.52. The van der Waals surface area contributed by atoms with Crippen molar-refractivity contribution in [1.29, 1.82) is 0 Å². The molecule has 0 spiro atoms. The molecule has 0 radical (unpaired) electrons. The molecule has 2 N–H and O–H groups in total. The third kappa shape index (κ3) is 3.85. The predicted octanol–water partition coefficient (Wildman–Crippen LogP) is 11.1. The van der Waals surface area contributed by atoms with Crippen molar-refractivity contribution < 1.29 is 10.2 Å². The number of rotatable bonds is 4. The van der Waals surface area contributed by atoms with Gasteiger partial charge < -0.3 is 10.2 Å². The minimum absolute atomic E-state index is 0.183. The Kier molecular flexibility index (Phi) is 6.06. The average molecular weight is 603 g/mol. The molecule has 47 heavy (non-hydrogen) atoms. The van der Waals surface area contributed by atoms with Gasteiger partial charge >= 0.3 is 0 Å². The zero-order valence-corrected chi connectivity index (χ0v) is 25.6. The second kappa shape index (κ2) is 10.5. The summed E-state index contributed by atoms with van der Waals surface area (Å²) in [6.07, 6.45) is 0. The summed E-state index contributed by atoms with van der Waals surface area (Å²) < 4.78 is 0. The Morgan fingerprint density at radius 1 is 0.340 bits per heavy atom. The van der Waals surface area contributed by atoms with E-state index in [0.29, 0.717) is 0 Å². The van der Waals surface area contributed by atoms with Crippen LogP contribution in [0.1, 0.15) is 22.3 Å². The highest BCUT2D eigenvalue weighted by atomic mass is 16.3. The summed E-state index contributed by atoms with van der Waals surface area (Å²) in [5.41, 5.74) is 8.99. The number of phenols is 2. The van der Waals surface area contributed by atoms with Crippen molar-refractivity contribution in [3.63, 3.8) is 0 Å². The summed E-state index contributed by atoms with van der Waals surface area (Å²) in [6.45, 7) is 0. The van der Waals surface area contributed by atoms with E-state index in [4.69, 9.17) is 0 Å². The number of hydrogen-bond acceptors (Lipinski definition) is 2. The molecular formula is C45H30O2. The third-order valence-electron chi connectivity index (χ3n) is 9.91. The Labute approximate surface area is 273 Å². The van der Waals surface area contributed by atoms with Crippen LogP contribution in [-0.2, 0) is 5.41 Å². The average Bonchev–Trinajstić information content (AvgIpc) is 3.42. The van der Waals surface area contributed by atoms with Crippen LogP contribution < -0.4 is 0 Å². The Hall–Kier alpha value is -6.12. The van der Waals surface area contributed by atoms with Gasteiger partial charge in [0, 0.05) is 11.1 Å². The molecular weight excluding hydrogens is 572 g/mol. The minimum atomic E-state index is -1.10. The SMILES string of the molecule is Oc1ccc2ccccc2c1C1(c2c(O)ccc3ccccc23)c2ccccc2-c2ccc(-c3ccccc3)c(-c3ccccc3)c21. The molecule has 0 saturated carbocycles. The molecule has 2 heteroatoms. The Morgan fingerprint density at radius 3 is 1.45 bits per heavy atom. The lowest BCUT2D eigenvalue weighted by Crippen LogP contribution is -2.30. The van der Waals surface area contributed by atoms with E-state index in [1.807, 2.05) is 60.7 Å². The standard InChI is InChI=1S/C45H30O2/c46-39-27-23-30-15-7-9-19-34(30)42(39)45(43-35-20-10-8-16-31(35)24-28-40(43)47)38-22-12-11-21-36(38)37-26-25-33(29-13-3-1-4-14-29)41(44(37)45)32-17-5-2-6-18-32/h1-28,46-47H. The molecule has 9 rings (SSSR count). The minimum Gasteiger partial charge on any atom is -0.508 e. The molecule has 0 saturated heterocycles. The smallest absolute Gasteiger partial charge is 0.121 e. The predicted molar refractivity (Wildman–Crippen MR) is 193 cm³/mol. The second-order valence-electron chi connectivity index (χ2n) is 12.3. The summed E-state index contributed by atoms with van der Waals surface area (Å²) in [7, 11) is 0. The van der Waals surface area contributed by atoms with Crippen LogP contribution >= 0.6 is 0 Å². The van der Waals surface area contributed by atoms with Gasteiger partial charge in [0.15, 0.2) is 0 Å². The monoisotopic (exact) mass is 602 g/mol. The van der Waals surface area contributed by atoms with Crippen LogP contribution in [-0.4, -0.2) is 10.2 Å². The lowest BCUT2D eigenvalue weighted by molar-refractivity contribution is 0.451. The van der Waals surface area contributed by atoms with Crippen molar-refractivity contribution >= 4 is 21.5 Å². The molecule has 222 valence electrons. The van der Waals surface area contributed by atoms with Crippen molar-refractivity contribution in [3.05, 3.63) is 192 Å². The summed E-state index contributed by atoms with van der Waals surface area (Å²) in [5, 5.41) is 28.5. The lowest BCUT2D eigenvalue weighted by atomic mass is 9.63. The van der Waals surface area contributed by atoms with Gasteiger partial charge in [0.2, 0.25) is 0 Å². The maximum Gasteiger partial charge on any atom is 0.121 e. The molecule has 1 aliphatic rings. The van der Waals surface area contributed by atoms with Gasteiger partial charge in [-0.25, -0.2) is 0 Å². The zero-order valence-electron chi connectivity index (χ0n) is 25.6. The van der Waals surface area contributed by atoms with E-state index < -0.39 is 5.41 Å². The lowest BCUT2D eigenvalue weighted by Gasteiger charge is -2.38. The third-order valence-corrected chi connectivity index (χ3v) is 9.91. The van der Waals surface area contributed by atoms with Crippen molar-refractivity contribution in [2.45, 2.75) is 5.41 Å². The fourth-order valence-electron chi connectivity index (χ4n) is 8.11. The molecule has 0 heterocycles. The van der Waals surface area contributed by atoms with Gasteiger partial charge in [-0.1, -0.05) is 158 Å². The van der Waals surface area contributed by atoms with Crippen molar-refractivity contribution in [1.82, 2.24) is 0 Å². The van der Waals surface area contributed by atoms with Gasteiger partial charge in [-0.2, -0.15) is 0 Å². The normalized spacial score (nSPS) is 13.0. The van der Waals surface area contributed by atoms with E-state index in [1.54, 1.807) is 0 Å². The van der Waals surface area contributed by atoms with Crippen molar-refractivity contribution in [2.75, 3.05) is 0 Å². The zero-order chi connectivity index (χ0) is 31.5. The first-order valence-corrected chi connectivity index (χ1v) is 16.0. The Balaban J connectivity index is 1.61. The summed E-state index contributed by atoms with van der Waals surface area (Å²) in [5.74, 6) is 0.366. The molecule has 0 aliphatic heterocycles. The largest absolute Gasteiger partial charge is 0.508 e. The highest BCUT2D eigenvalue weighted by molar-refractivity contribution is 6.05. The van der Waals surface area contributed by atoms with Gasteiger partial charge in [-0.3, -0.25) is 0 Å². The van der Waals surface area contributed by atoms with Crippen LogP contribution in [0.5, 0.6) is 11.5 Å². The van der Waals surface area contributed by atoms with E-state index in [9.17, 15) is 10.2 Å². The van der Waals surface area contributed by atoms with Crippen LogP contribution in [0.3, 0.4) is 0 Å². The molecule has 0 atom stereocenters. The number of hydrogen-bond donors (Lipinski definition) is 2. The molecule has 8 aromatic carbocycles. The van der Waals surface area contributed by atoms with Crippen LogP contribution in [0, 0.1) is 0 Å². The van der Waals surface area contributed by atoms with Gasteiger partial charge in [0.05, 0.1) is 5.41 Å². The van der Waals surface area contributed by atoms with Gasteiger partial charge in [-0.05, 0) is 78.2 Å². The van der Waals surface area contributed by atoms with Gasteiger partial charge in [-0.15, -0.1) is 0 Å². The number of benzene rings is 8. The molecule has 0 bridgehead atoms. The van der Waals surface area contributed by atoms with Crippen LogP contribution in [0.25, 0.3) is 54.9 Å². The maximum absolute atomic E-state index is 12.3. The van der Waals surface area contributed by atoms with E-state index in [2.05, 4.69) is 109 Å². The molecule has 0 unspecified atom stereocenters. The first-order chi connectivity index (χ1) is 23.2. The Bertz CT molecular complexity index is 2390. The fraction of sp³-hybridized carbons (Fsp3) is 0.0222. The fourth-order valence-corrected chi connectivity index (χ4v) is 8.11. The molecule has 2 nitrogen and oxygen atoms in total. The van der Waals surface area contributed by atoms with Crippen molar-refractivity contribution in [3.8, 4) is 44.9 Å². The first-order valence-electron chi connectivity index (χ1n) is 16.0. The van der Waals surface area contributed by atoms with Crippen LogP contribution in [0.4, 0.5) is 0 Å². The summed E-state index contributed by atoms with van der Waals surface area (Å²) in [4.78, 5) is 0. The summed E-state index contributed by atoms with van der Waals surface area (Å²) >= 11 is 0. The number of phenolic OH excluding ortho intramolecular Hbond substituents is 2. The highest BCUT2D eigenvalue weighted by Crippen LogP contribution is 2.64. The molecule has 0 aromatic heterocycles.